The van der Waals surface area contributed by atoms with Gasteiger partial charge >= 0.3 is 0 Å². The monoisotopic (exact) mass is 178 g/mol. The van der Waals surface area contributed by atoms with Gasteiger partial charge in [-0.25, -0.2) is 0 Å². The lowest BCUT2D eigenvalue weighted by atomic mass is 10.2. The Balaban J connectivity index is 2.11. The molecule has 0 aliphatic carbocycles. The predicted molar refractivity (Wildman–Crippen MR) is 49.1 cm³/mol. The molecule has 69 valence electrons. The molecule has 3 nitrogen and oxygen atoms in total. The molecular weight excluding hydrogens is 166 g/mol. The maximum Gasteiger partial charge on any atom is 0.162 e. The smallest absolute Gasteiger partial charge is 0.162 e. The van der Waals surface area contributed by atoms with Crippen LogP contribution >= 0.6 is 0 Å². The quantitative estimate of drug-likeness (QED) is 0.728. The van der Waals surface area contributed by atoms with Crippen molar-refractivity contribution >= 4 is 0 Å². The predicted octanol–water partition coefficient (Wildman–Crippen LogP) is 0.846. The number of hydrogen-bond acceptors (Lipinski definition) is 3. The Morgan fingerprint density at radius 2 is 2.54 bits per heavy atom. The van der Waals surface area contributed by atoms with Crippen molar-refractivity contribution in [3.63, 3.8) is 0 Å². The molecule has 1 radical (unpaired) electrons. The highest BCUT2D eigenvalue weighted by molar-refractivity contribution is 5.40. The SMILES string of the molecule is CNCC1COc2cc[c]cc2O1. The number of likely N-dealkylation sites (N-methyl/N-ethyl adjacent to an activating group) is 1. The summed E-state index contributed by atoms with van der Waals surface area (Å²) in [6, 6.07) is 8.45. The lowest BCUT2D eigenvalue weighted by Crippen LogP contribution is -2.37. The average molecular weight is 178 g/mol. The molecule has 1 N–H and O–H groups in total. The minimum Gasteiger partial charge on any atom is -0.486 e. The van der Waals surface area contributed by atoms with E-state index in [-0.39, 0.29) is 6.10 Å². The second kappa shape index (κ2) is 3.66. The number of fused-ring (bicyclic) bond motifs is 1. The molecule has 3 heteroatoms. The number of benzene rings is 1. The Morgan fingerprint density at radius 3 is 3.38 bits per heavy atom. The van der Waals surface area contributed by atoms with E-state index in [0.29, 0.717) is 6.61 Å². The highest BCUT2D eigenvalue weighted by Gasteiger charge is 2.19. The summed E-state index contributed by atoms with van der Waals surface area (Å²) in [5.41, 5.74) is 0. The third-order valence-electron chi connectivity index (χ3n) is 1.94. The Morgan fingerprint density at radius 1 is 1.62 bits per heavy atom. The van der Waals surface area contributed by atoms with Crippen LogP contribution < -0.4 is 14.8 Å². The first kappa shape index (κ1) is 8.38. The van der Waals surface area contributed by atoms with Gasteiger partial charge in [-0.15, -0.1) is 0 Å². The maximum absolute atomic E-state index is 5.65. The van der Waals surface area contributed by atoms with Crippen molar-refractivity contribution in [2.75, 3.05) is 20.2 Å². The van der Waals surface area contributed by atoms with Gasteiger partial charge in [0.05, 0.1) is 0 Å². The molecule has 0 saturated heterocycles. The summed E-state index contributed by atoms with van der Waals surface area (Å²) < 4.78 is 11.2. The molecule has 2 rings (SSSR count). The average Bonchev–Trinajstić information content (AvgIpc) is 2.18. The highest BCUT2D eigenvalue weighted by Crippen LogP contribution is 2.30. The van der Waals surface area contributed by atoms with Crippen molar-refractivity contribution in [1.29, 1.82) is 0 Å². The summed E-state index contributed by atoms with van der Waals surface area (Å²) in [7, 11) is 1.90. The van der Waals surface area contributed by atoms with Crippen LogP contribution in [0.2, 0.25) is 0 Å². The minimum absolute atomic E-state index is 0.105. The van der Waals surface area contributed by atoms with Crippen LogP contribution in [-0.2, 0) is 0 Å². The molecule has 1 aromatic carbocycles. The summed E-state index contributed by atoms with van der Waals surface area (Å²) in [6.45, 7) is 1.41. The van der Waals surface area contributed by atoms with Crippen molar-refractivity contribution in [3.05, 3.63) is 24.3 Å². The Kier molecular flexibility index (Phi) is 2.36. The first-order valence-electron chi connectivity index (χ1n) is 4.34. The molecule has 1 aliphatic heterocycles. The van der Waals surface area contributed by atoms with Crippen LogP contribution in [0.4, 0.5) is 0 Å². The molecule has 0 bridgehead atoms. The number of ether oxygens (including phenoxy) is 2. The van der Waals surface area contributed by atoms with E-state index in [2.05, 4.69) is 11.4 Å². The summed E-state index contributed by atoms with van der Waals surface area (Å²) in [6.07, 6.45) is 0.105. The van der Waals surface area contributed by atoms with E-state index < -0.39 is 0 Å². The lowest BCUT2D eigenvalue weighted by Gasteiger charge is -2.25. The molecule has 1 heterocycles. The van der Waals surface area contributed by atoms with Gasteiger partial charge in [0.15, 0.2) is 11.5 Å². The number of nitrogens with one attached hydrogen (secondary N) is 1. The molecule has 0 aromatic heterocycles. The summed E-state index contributed by atoms with van der Waals surface area (Å²) in [5, 5.41) is 3.05. The van der Waals surface area contributed by atoms with E-state index in [1.54, 1.807) is 6.07 Å². The lowest BCUT2D eigenvalue weighted by molar-refractivity contribution is 0.0919. The second-order valence-corrected chi connectivity index (χ2v) is 2.98. The van der Waals surface area contributed by atoms with Crippen molar-refractivity contribution in [3.8, 4) is 11.5 Å². The third kappa shape index (κ3) is 1.75. The van der Waals surface area contributed by atoms with Crippen molar-refractivity contribution in [2.45, 2.75) is 6.10 Å². The number of rotatable bonds is 2. The number of hydrogen-bond donors (Lipinski definition) is 1. The van der Waals surface area contributed by atoms with E-state index >= 15 is 0 Å². The van der Waals surface area contributed by atoms with E-state index in [4.69, 9.17) is 9.47 Å². The Bertz CT molecular complexity index is 288. The largest absolute Gasteiger partial charge is 0.486 e. The summed E-state index contributed by atoms with van der Waals surface area (Å²) in [5.74, 6) is 1.60. The van der Waals surface area contributed by atoms with Crippen molar-refractivity contribution in [1.82, 2.24) is 5.32 Å². The van der Waals surface area contributed by atoms with Crippen molar-refractivity contribution in [2.24, 2.45) is 0 Å². The minimum atomic E-state index is 0.105. The zero-order valence-corrected chi connectivity index (χ0v) is 7.54. The van der Waals surface area contributed by atoms with Gasteiger partial charge in [-0.05, 0) is 25.2 Å². The fourth-order valence-corrected chi connectivity index (χ4v) is 1.34. The third-order valence-corrected chi connectivity index (χ3v) is 1.94. The Labute approximate surface area is 77.7 Å². The van der Waals surface area contributed by atoms with Crippen LogP contribution in [0.15, 0.2) is 18.2 Å². The van der Waals surface area contributed by atoms with Crippen LogP contribution in [-0.4, -0.2) is 26.3 Å². The molecule has 1 atom stereocenters. The van der Waals surface area contributed by atoms with Gasteiger partial charge in [-0.3, -0.25) is 0 Å². The molecular formula is C10H12NO2. The molecule has 0 saturated carbocycles. The van der Waals surface area contributed by atoms with Gasteiger partial charge in [0.2, 0.25) is 0 Å². The summed E-state index contributed by atoms with van der Waals surface area (Å²) in [4.78, 5) is 0. The highest BCUT2D eigenvalue weighted by atomic mass is 16.6. The molecule has 0 amide bonds. The zero-order chi connectivity index (χ0) is 9.10. The van der Waals surface area contributed by atoms with E-state index in [9.17, 15) is 0 Å². The van der Waals surface area contributed by atoms with Gasteiger partial charge in [0.1, 0.15) is 12.7 Å². The van der Waals surface area contributed by atoms with Gasteiger partial charge in [-0.1, -0.05) is 6.07 Å². The van der Waals surface area contributed by atoms with E-state index in [1.807, 2.05) is 19.2 Å². The maximum atomic E-state index is 5.65. The standard InChI is InChI=1S/C10H12NO2/c1-11-6-8-7-12-9-4-2-3-5-10(9)13-8/h2,4-5,8,11H,6-7H2,1H3. The molecule has 1 aromatic rings. The topological polar surface area (TPSA) is 30.5 Å². The van der Waals surface area contributed by atoms with Gasteiger partial charge in [0, 0.05) is 6.54 Å². The van der Waals surface area contributed by atoms with Crippen LogP contribution in [0.5, 0.6) is 11.5 Å². The first-order chi connectivity index (χ1) is 6.40. The molecule has 13 heavy (non-hydrogen) atoms. The van der Waals surface area contributed by atoms with Crippen molar-refractivity contribution < 1.29 is 9.47 Å². The summed E-state index contributed by atoms with van der Waals surface area (Å²) >= 11 is 0. The van der Waals surface area contributed by atoms with Crippen LogP contribution in [0.3, 0.4) is 0 Å². The van der Waals surface area contributed by atoms with Crippen LogP contribution in [0.1, 0.15) is 0 Å². The molecule has 1 unspecified atom stereocenters. The zero-order valence-electron chi connectivity index (χ0n) is 7.54. The first-order valence-corrected chi connectivity index (χ1v) is 4.34. The molecule has 1 aliphatic rings. The van der Waals surface area contributed by atoms with Crippen LogP contribution in [0.25, 0.3) is 0 Å². The van der Waals surface area contributed by atoms with Gasteiger partial charge in [0.25, 0.3) is 0 Å². The molecule has 0 spiro atoms. The van der Waals surface area contributed by atoms with Gasteiger partial charge in [-0.2, -0.15) is 0 Å². The fourth-order valence-electron chi connectivity index (χ4n) is 1.34. The normalized spacial score (nSPS) is 19.9. The fraction of sp³-hybridized carbons (Fsp3) is 0.400. The molecule has 0 fully saturated rings. The van der Waals surface area contributed by atoms with E-state index in [1.165, 1.54) is 0 Å². The van der Waals surface area contributed by atoms with Gasteiger partial charge < -0.3 is 14.8 Å². The Hall–Kier alpha value is -1.22. The van der Waals surface area contributed by atoms with Crippen LogP contribution in [0, 0.1) is 6.07 Å². The second-order valence-electron chi connectivity index (χ2n) is 2.98. The van der Waals surface area contributed by atoms with E-state index in [0.717, 1.165) is 18.0 Å².